The van der Waals surface area contributed by atoms with Gasteiger partial charge in [0.25, 0.3) is 5.91 Å². The average molecular weight is 319 g/mol. The fraction of sp³-hybridized carbons (Fsp3) is 0.300. The van der Waals surface area contributed by atoms with Gasteiger partial charge in [-0.2, -0.15) is 5.26 Å². The molecule has 2 aromatic rings. The van der Waals surface area contributed by atoms with Gasteiger partial charge in [-0.3, -0.25) is 9.69 Å². The van der Waals surface area contributed by atoms with E-state index < -0.39 is 0 Å². The molecule has 1 heterocycles. The summed E-state index contributed by atoms with van der Waals surface area (Å²) in [5, 5.41) is 12.0. The Balaban J connectivity index is 1.71. The number of likely N-dealkylation sites (tertiary alicyclic amines) is 1. The SMILES string of the molecule is N#Cc1cccc(C(=O)NCC(c2ccccc2)N2CCCC2)c1. The molecule has 1 N–H and O–H groups in total. The molecule has 1 aliphatic heterocycles. The molecular weight excluding hydrogens is 298 g/mol. The van der Waals surface area contributed by atoms with Gasteiger partial charge in [0.1, 0.15) is 0 Å². The third kappa shape index (κ3) is 3.81. The molecule has 4 nitrogen and oxygen atoms in total. The van der Waals surface area contributed by atoms with Gasteiger partial charge in [-0.1, -0.05) is 36.4 Å². The molecule has 1 aliphatic rings. The molecule has 0 aromatic heterocycles. The molecule has 0 aliphatic carbocycles. The third-order valence-electron chi connectivity index (χ3n) is 4.48. The van der Waals surface area contributed by atoms with Gasteiger partial charge in [0.05, 0.1) is 17.7 Å². The van der Waals surface area contributed by atoms with E-state index in [0.29, 0.717) is 17.7 Å². The number of nitriles is 1. The molecule has 1 atom stereocenters. The van der Waals surface area contributed by atoms with Crippen LogP contribution in [-0.2, 0) is 0 Å². The fourth-order valence-corrected chi connectivity index (χ4v) is 3.21. The molecule has 3 rings (SSSR count). The van der Waals surface area contributed by atoms with Crippen LogP contribution in [-0.4, -0.2) is 30.4 Å². The number of benzene rings is 2. The molecule has 24 heavy (non-hydrogen) atoms. The molecule has 0 bridgehead atoms. The Hall–Kier alpha value is -2.64. The summed E-state index contributed by atoms with van der Waals surface area (Å²) in [5.41, 5.74) is 2.26. The lowest BCUT2D eigenvalue weighted by Gasteiger charge is -2.28. The Bertz CT molecular complexity index is 730. The molecule has 1 amide bonds. The summed E-state index contributed by atoms with van der Waals surface area (Å²) in [4.78, 5) is 14.9. The molecule has 0 saturated carbocycles. The quantitative estimate of drug-likeness (QED) is 0.921. The summed E-state index contributed by atoms with van der Waals surface area (Å²) < 4.78 is 0. The zero-order chi connectivity index (χ0) is 16.8. The highest BCUT2D eigenvalue weighted by molar-refractivity contribution is 5.94. The van der Waals surface area contributed by atoms with E-state index >= 15 is 0 Å². The Labute approximate surface area is 142 Å². The monoisotopic (exact) mass is 319 g/mol. The van der Waals surface area contributed by atoms with E-state index in [1.54, 1.807) is 24.3 Å². The largest absolute Gasteiger partial charge is 0.350 e. The second kappa shape index (κ2) is 7.76. The minimum absolute atomic E-state index is 0.132. The third-order valence-corrected chi connectivity index (χ3v) is 4.48. The fourth-order valence-electron chi connectivity index (χ4n) is 3.21. The number of rotatable bonds is 5. The summed E-state index contributed by atoms with van der Waals surface area (Å²) in [6.07, 6.45) is 2.42. The van der Waals surface area contributed by atoms with Gasteiger partial charge in [0.15, 0.2) is 0 Å². The van der Waals surface area contributed by atoms with Gasteiger partial charge in [-0.15, -0.1) is 0 Å². The van der Waals surface area contributed by atoms with E-state index in [0.717, 1.165) is 13.1 Å². The normalized spacial score (nSPS) is 15.6. The highest BCUT2D eigenvalue weighted by atomic mass is 16.1. The van der Waals surface area contributed by atoms with Crippen LogP contribution in [0.3, 0.4) is 0 Å². The van der Waals surface area contributed by atoms with Gasteiger partial charge in [-0.25, -0.2) is 0 Å². The smallest absolute Gasteiger partial charge is 0.251 e. The summed E-state index contributed by atoms with van der Waals surface area (Å²) in [6.45, 7) is 2.71. The number of hydrogen-bond donors (Lipinski definition) is 1. The molecule has 1 fully saturated rings. The number of carbonyl (C=O) groups excluding carboxylic acids is 1. The molecule has 1 unspecified atom stereocenters. The summed E-state index contributed by atoms with van der Waals surface area (Å²) in [7, 11) is 0. The lowest BCUT2D eigenvalue weighted by Crippen LogP contribution is -2.36. The van der Waals surface area contributed by atoms with Crippen LogP contribution in [0.5, 0.6) is 0 Å². The van der Waals surface area contributed by atoms with Crippen LogP contribution < -0.4 is 5.32 Å². The minimum atomic E-state index is -0.132. The molecular formula is C20H21N3O. The molecule has 1 saturated heterocycles. The van der Waals surface area contributed by atoms with Crippen LogP contribution in [0.1, 0.15) is 40.4 Å². The van der Waals surface area contributed by atoms with Crippen molar-refractivity contribution in [1.29, 1.82) is 5.26 Å². The van der Waals surface area contributed by atoms with Crippen molar-refractivity contribution in [2.45, 2.75) is 18.9 Å². The first kappa shape index (κ1) is 16.2. The molecule has 2 aromatic carbocycles. The summed E-state index contributed by atoms with van der Waals surface area (Å²) in [5.74, 6) is -0.132. The van der Waals surface area contributed by atoms with Crippen LogP contribution in [0.2, 0.25) is 0 Å². The zero-order valence-corrected chi connectivity index (χ0v) is 13.6. The van der Waals surface area contributed by atoms with Crippen molar-refractivity contribution in [3.05, 3.63) is 71.3 Å². The van der Waals surface area contributed by atoms with Crippen molar-refractivity contribution in [2.24, 2.45) is 0 Å². The highest BCUT2D eigenvalue weighted by Gasteiger charge is 2.23. The van der Waals surface area contributed by atoms with Crippen LogP contribution >= 0.6 is 0 Å². The van der Waals surface area contributed by atoms with Gasteiger partial charge >= 0.3 is 0 Å². The minimum Gasteiger partial charge on any atom is -0.350 e. The second-order valence-corrected chi connectivity index (χ2v) is 6.07. The van der Waals surface area contributed by atoms with Gasteiger partial charge in [0.2, 0.25) is 0 Å². The maximum atomic E-state index is 12.4. The van der Waals surface area contributed by atoms with E-state index in [1.165, 1.54) is 18.4 Å². The lowest BCUT2D eigenvalue weighted by atomic mass is 10.1. The first-order valence-corrected chi connectivity index (χ1v) is 8.35. The topological polar surface area (TPSA) is 56.1 Å². The van der Waals surface area contributed by atoms with Crippen molar-refractivity contribution >= 4 is 5.91 Å². The van der Waals surface area contributed by atoms with Gasteiger partial charge in [0, 0.05) is 12.1 Å². The van der Waals surface area contributed by atoms with Crippen molar-refractivity contribution in [3.8, 4) is 6.07 Å². The Morgan fingerprint density at radius 1 is 1.12 bits per heavy atom. The van der Waals surface area contributed by atoms with Crippen LogP contribution in [0.4, 0.5) is 0 Å². The number of hydrogen-bond acceptors (Lipinski definition) is 3. The zero-order valence-electron chi connectivity index (χ0n) is 13.6. The van der Waals surface area contributed by atoms with E-state index in [9.17, 15) is 4.79 Å². The predicted molar refractivity (Wildman–Crippen MR) is 93.5 cm³/mol. The van der Waals surface area contributed by atoms with E-state index in [1.807, 2.05) is 18.2 Å². The van der Waals surface area contributed by atoms with Gasteiger partial charge < -0.3 is 5.32 Å². The summed E-state index contributed by atoms with van der Waals surface area (Å²) >= 11 is 0. The Kier molecular flexibility index (Phi) is 5.25. The van der Waals surface area contributed by atoms with Crippen molar-refractivity contribution in [1.82, 2.24) is 10.2 Å². The number of carbonyl (C=O) groups is 1. The first-order chi connectivity index (χ1) is 11.8. The molecule has 122 valence electrons. The van der Waals surface area contributed by atoms with Gasteiger partial charge in [-0.05, 0) is 49.7 Å². The van der Waals surface area contributed by atoms with E-state index in [-0.39, 0.29) is 11.9 Å². The summed E-state index contributed by atoms with van der Waals surface area (Å²) in [6, 6.07) is 19.4. The van der Waals surface area contributed by atoms with Crippen molar-refractivity contribution < 1.29 is 4.79 Å². The van der Waals surface area contributed by atoms with Crippen LogP contribution in [0, 0.1) is 11.3 Å². The van der Waals surface area contributed by atoms with Crippen molar-refractivity contribution in [2.75, 3.05) is 19.6 Å². The number of nitrogens with one attached hydrogen (secondary N) is 1. The molecule has 0 radical (unpaired) electrons. The maximum Gasteiger partial charge on any atom is 0.251 e. The number of amides is 1. The van der Waals surface area contributed by atoms with Crippen LogP contribution in [0.25, 0.3) is 0 Å². The predicted octanol–water partition coefficient (Wildman–Crippen LogP) is 3.13. The second-order valence-electron chi connectivity index (χ2n) is 6.07. The lowest BCUT2D eigenvalue weighted by molar-refractivity contribution is 0.0938. The number of nitrogens with zero attached hydrogens (tertiary/aromatic N) is 2. The van der Waals surface area contributed by atoms with Crippen molar-refractivity contribution in [3.63, 3.8) is 0 Å². The highest BCUT2D eigenvalue weighted by Crippen LogP contribution is 2.24. The average Bonchev–Trinajstić information content (AvgIpc) is 3.17. The first-order valence-electron chi connectivity index (χ1n) is 8.35. The standard InChI is InChI=1S/C20H21N3O/c21-14-16-7-6-10-18(13-16)20(24)22-15-19(23-11-4-5-12-23)17-8-2-1-3-9-17/h1-3,6-10,13,19H,4-5,11-12,15H2,(H,22,24). The Morgan fingerprint density at radius 3 is 2.58 bits per heavy atom. The van der Waals surface area contributed by atoms with Crippen LogP contribution in [0.15, 0.2) is 54.6 Å². The van der Waals surface area contributed by atoms with E-state index in [2.05, 4.69) is 28.4 Å². The van der Waals surface area contributed by atoms with E-state index in [4.69, 9.17) is 5.26 Å². The maximum absolute atomic E-state index is 12.4. The molecule has 4 heteroatoms. The molecule has 0 spiro atoms. The Morgan fingerprint density at radius 2 is 1.88 bits per heavy atom.